The number of nitrogens with one attached hydrogen (secondary N) is 2. The maximum absolute atomic E-state index is 13.6. The molecule has 1 atom stereocenters. The number of hydrogen-bond donors (Lipinski definition) is 2. The smallest absolute Gasteiger partial charge is 0.278 e. The molecule has 0 radical (unpaired) electrons. The molecule has 2 N–H and O–H groups in total. The molecule has 1 saturated heterocycles. The maximum Gasteiger partial charge on any atom is 0.278 e. The molecule has 10 heteroatoms. The standard InChI is InChI=1S/C23H19F2N5O2S/c24-15-9-8-14(11-16(15)25)19-28-21(32)18-22(29-19)33-23(27-18)30-10-4-7-17(30)20(31)26-12-13-5-2-1-3-6-13/h1-3,5-6,8-9,11,17H,4,7,10,12H2,(H,26,31)(H,28,29,32)/t17-/m1/s1. The Balaban J connectivity index is 1.40. The van der Waals surface area contributed by atoms with Crippen LogP contribution in [0.2, 0.25) is 0 Å². The summed E-state index contributed by atoms with van der Waals surface area (Å²) in [6.45, 7) is 1.07. The number of hydrogen-bond acceptors (Lipinski definition) is 6. The number of aromatic amines is 1. The number of carbonyl (C=O) groups is 1. The number of carbonyl (C=O) groups excluding carboxylic acids is 1. The molecule has 1 aliphatic heterocycles. The van der Waals surface area contributed by atoms with Gasteiger partial charge in [0.2, 0.25) is 5.91 Å². The molecule has 2 aromatic heterocycles. The number of amides is 1. The van der Waals surface area contributed by atoms with E-state index in [1.807, 2.05) is 35.2 Å². The van der Waals surface area contributed by atoms with E-state index < -0.39 is 17.2 Å². The summed E-state index contributed by atoms with van der Waals surface area (Å²) in [6, 6.07) is 12.6. The minimum absolute atomic E-state index is 0.0973. The third-order valence-corrected chi connectivity index (χ3v) is 6.55. The summed E-state index contributed by atoms with van der Waals surface area (Å²) in [4.78, 5) is 39.1. The van der Waals surface area contributed by atoms with Crippen molar-refractivity contribution in [2.24, 2.45) is 0 Å². The molecular formula is C23H19F2N5O2S. The lowest BCUT2D eigenvalue weighted by Gasteiger charge is -2.23. The van der Waals surface area contributed by atoms with Crippen LogP contribution in [0.1, 0.15) is 18.4 Å². The maximum atomic E-state index is 13.6. The molecule has 1 aliphatic rings. The van der Waals surface area contributed by atoms with E-state index in [4.69, 9.17) is 0 Å². The van der Waals surface area contributed by atoms with Crippen molar-refractivity contribution in [3.05, 3.63) is 76.1 Å². The second-order valence-corrected chi connectivity index (χ2v) is 8.70. The molecule has 4 aromatic rings. The van der Waals surface area contributed by atoms with Crippen LogP contribution in [0.5, 0.6) is 0 Å². The highest BCUT2D eigenvalue weighted by molar-refractivity contribution is 7.21. The van der Waals surface area contributed by atoms with Crippen molar-refractivity contribution in [3.8, 4) is 11.4 Å². The molecule has 0 aliphatic carbocycles. The van der Waals surface area contributed by atoms with E-state index in [0.717, 1.165) is 24.1 Å². The summed E-state index contributed by atoms with van der Waals surface area (Å²) in [5.41, 5.74) is 0.932. The van der Waals surface area contributed by atoms with Gasteiger partial charge in [-0.2, -0.15) is 0 Å². The summed E-state index contributed by atoms with van der Waals surface area (Å²) in [5.74, 6) is -1.98. The molecule has 0 saturated carbocycles. The van der Waals surface area contributed by atoms with E-state index in [0.29, 0.717) is 29.5 Å². The SMILES string of the molecule is O=C(NCc1ccccc1)[C@H]1CCCN1c1nc2c(=O)[nH]c(-c3ccc(F)c(F)c3)nc2s1. The van der Waals surface area contributed by atoms with Crippen molar-refractivity contribution < 1.29 is 13.6 Å². The predicted octanol–water partition coefficient (Wildman–Crippen LogP) is 3.61. The number of nitrogens with zero attached hydrogens (tertiary/aromatic N) is 3. The van der Waals surface area contributed by atoms with Crippen molar-refractivity contribution in [1.29, 1.82) is 0 Å². The Morgan fingerprint density at radius 2 is 1.97 bits per heavy atom. The summed E-state index contributed by atoms with van der Waals surface area (Å²) >= 11 is 1.20. The minimum atomic E-state index is -1.03. The zero-order chi connectivity index (χ0) is 22.9. The number of anilines is 1. The van der Waals surface area contributed by atoms with Gasteiger partial charge in [-0.1, -0.05) is 41.7 Å². The van der Waals surface area contributed by atoms with Crippen LogP contribution in [-0.2, 0) is 11.3 Å². The number of aromatic nitrogens is 3. The third-order valence-electron chi connectivity index (χ3n) is 5.56. The van der Waals surface area contributed by atoms with Crippen LogP contribution >= 0.6 is 11.3 Å². The number of rotatable bonds is 5. The highest BCUT2D eigenvalue weighted by atomic mass is 32.1. The Morgan fingerprint density at radius 3 is 2.76 bits per heavy atom. The van der Waals surface area contributed by atoms with E-state index in [2.05, 4.69) is 20.3 Å². The van der Waals surface area contributed by atoms with Gasteiger partial charge in [0, 0.05) is 18.7 Å². The van der Waals surface area contributed by atoms with E-state index in [-0.39, 0.29) is 28.9 Å². The number of fused-ring (bicyclic) bond motifs is 1. The van der Waals surface area contributed by atoms with Gasteiger partial charge in [0.15, 0.2) is 27.1 Å². The van der Waals surface area contributed by atoms with Gasteiger partial charge in [0.1, 0.15) is 11.9 Å². The highest BCUT2D eigenvalue weighted by Gasteiger charge is 2.33. The van der Waals surface area contributed by atoms with Crippen molar-refractivity contribution in [2.45, 2.75) is 25.4 Å². The summed E-state index contributed by atoms with van der Waals surface area (Å²) < 4.78 is 26.9. The largest absolute Gasteiger partial charge is 0.350 e. The van der Waals surface area contributed by atoms with Crippen LogP contribution in [0.25, 0.3) is 21.7 Å². The fourth-order valence-corrected chi connectivity index (χ4v) is 4.91. The molecule has 0 bridgehead atoms. The lowest BCUT2D eigenvalue weighted by atomic mass is 10.2. The molecule has 2 aromatic carbocycles. The van der Waals surface area contributed by atoms with Crippen LogP contribution in [0.4, 0.5) is 13.9 Å². The Labute approximate surface area is 191 Å². The van der Waals surface area contributed by atoms with E-state index in [9.17, 15) is 18.4 Å². The predicted molar refractivity (Wildman–Crippen MR) is 122 cm³/mol. The molecular weight excluding hydrogens is 448 g/mol. The Kier molecular flexibility index (Phi) is 5.59. The summed E-state index contributed by atoms with van der Waals surface area (Å²) in [5, 5.41) is 3.50. The minimum Gasteiger partial charge on any atom is -0.350 e. The molecule has 7 nitrogen and oxygen atoms in total. The lowest BCUT2D eigenvalue weighted by Crippen LogP contribution is -2.43. The van der Waals surface area contributed by atoms with Gasteiger partial charge in [0.05, 0.1) is 0 Å². The van der Waals surface area contributed by atoms with Crippen molar-refractivity contribution in [2.75, 3.05) is 11.4 Å². The first-order valence-corrected chi connectivity index (χ1v) is 11.3. The normalized spacial score (nSPS) is 15.8. The van der Waals surface area contributed by atoms with Crippen LogP contribution in [0.15, 0.2) is 53.3 Å². The molecule has 5 rings (SSSR count). The van der Waals surface area contributed by atoms with Gasteiger partial charge in [0.25, 0.3) is 5.56 Å². The van der Waals surface area contributed by atoms with Crippen LogP contribution in [0.3, 0.4) is 0 Å². The molecule has 3 heterocycles. The van der Waals surface area contributed by atoms with Crippen LogP contribution < -0.4 is 15.8 Å². The van der Waals surface area contributed by atoms with Gasteiger partial charge < -0.3 is 15.2 Å². The van der Waals surface area contributed by atoms with Crippen molar-refractivity contribution in [3.63, 3.8) is 0 Å². The van der Waals surface area contributed by atoms with Gasteiger partial charge in [-0.05, 0) is 36.6 Å². The zero-order valence-corrected chi connectivity index (χ0v) is 18.2. The Morgan fingerprint density at radius 1 is 1.15 bits per heavy atom. The highest BCUT2D eigenvalue weighted by Crippen LogP contribution is 2.32. The molecule has 1 amide bonds. The first kappa shape index (κ1) is 21.2. The van der Waals surface area contributed by atoms with Crippen molar-refractivity contribution in [1.82, 2.24) is 20.3 Å². The number of H-pyrrole nitrogens is 1. The number of halogens is 2. The third kappa shape index (κ3) is 4.21. The second-order valence-electron chi connectivity index (χ2n) is 7.75. The summed E-state index contributed by atoms with van der Waals surface area (Å²) in [6.07, 6.45) is 1.50. The quantitative estimate of drug-likeness (QED) is 0.468. The molecule has 168 valence electrons. The fourth-order valence-electron chi connectivity index (χ4n) is 3.90. The van der Waals surface area contributed by atoms with E-state index in [1.165, 1.54) is 17.4 Å². The molecule has 33 heavy (non-hydrogen) atoms. The monoisotopic (exact) mass is 467 g/mol. The van der Waals surface area contributed by atoms with Crippen molar-refractivity contribution >= 4 is 32.7 Å². The average Bonchev–Trinajstić information content (AvgIpc) is 3.47. The van der Waals surface area contributed by atoms with E-state index >= 15 is 0 Å². The molecule has 0 unspecified atom stereocenters. The average molecular weight is 468 g/mol. The second kappa shape index (κ2) is 8.70. The molecule has 0 spiro atoms. The first-order valence-electron chi connectivity index (χ1n) is 10.4. The van der Waals surface area contributed by atoms with E-state index in [1.54, 1.807) is 0 Å². The zero-order valence-electron chi connectivity index (χ0n) is 17.3. The number of benzene rings is 2. The summed E-state index contributed by atoms with van der Waals surface area (Å²) in [7, 11) is 0. The fraction of sp³-hybridized carbons (Fsp3) is 0.217. The van der Waals surface area contributed by atoms with Gasteiger partial charge in [-0.25, -0.2) is 18.7 Å². The Hall–Kier alpha value is -3.66. The first-order chi connectivity index (χ1) is 16.0. The van der Waals surface area contributed by atoms with Gasteiger partial charge in [-0.15, -0.1) is 0 Å². The van der Waals surface area contributed by atoms with Gasteiger partial charge >= 0.3 is 0 Å². The topological polar surface area (TPSA) is 91.0 Å². The van der Waals surface area contributed by atoms with Crippen LogP contribution in [-0.4, -0.2) is 33.4 Å². The van der Waals surface area contributed by atoms with Gasteiger partial charge in [-0.3, -0.25) is 9.59 Å². The number of thiazole rings is 1. The van der Waals surface area contributed by atoms with Crippen LogP contribution in [0, 0.1) is 11.6 Å². The molecule has 1 fully saturated rings. The lowest BCUT2D eigenvalue weighted by molar-refractivity contribution is -0.122. The Bertz CT molecular complexity index is 1390.